The van der Waals surface area contributed by atoms with Crippen LogP contribution in [0.1, 0.15) is 6.42 Å². The molecule has 0 unspecified atom stereocenters. The van der Waals surface area contributed by atoms with Crippen LogP contribution in [0.25, 0.3) is 0 Å². The fourth-order valence-electron chi connectivity index (χ4n) is 0.619. The standard InChI is InChI=1S/C8H12N2O2/c1-3-6(10-4-2)5-7(9)8(11)12/h3-4,7H,1-2,5,9H2,(H,11,12)/t7-/m0/s1. The van der Waals surface area contributed by atoms with E-state index in [2.05, 4.69) is 18.2 Å². The summed E-state index contributed by atoms with van der Waals surface area (Å²) in [4.78, 5) is 14.1. The number of hydrogen-bond acceptors (Lipinski definition) is 3. The van der Waals surface area contributed by atoms with Crippen LogP contribution in [0.15, 0.2) is 30.4 Å². The van der Waals surface area contributed by atoms with E-state index in [1.165, 1.54) is 12.3 Å². The van der Waals surface area contributed by atoms with E-state index in [-0.39, 0.29) is 6.42 Å². The molecule has 4 heteroatoms. The van der Waals surface area contributed by atoms with Crippen LogP contribution in [0.3, 0.4) is 0 Å². The summed E-state index contributed by atoms with van der Waals surface area (Å²) in [5.41, 5.74) is 5.79. The lowest BCUT2D eigenvalue weighted by Crippen LogP contribution is -2.32. The lowest BCUT2D eigenvalue weighted by molar-refractivity contribution is -0.138. The zero-order chi connectivity index (χ0) is 9.56. The number of allylic oxidation sites excluding steroid dienone is 1. The Balaban J connectivity index is 4.20. The maximum absolute atomic E-state index is 10.3. The van der Waals surface area contributed by atoms with E-state index < -0.39 is 12.0 Å². The molecule has 0 aliphatic rings. The molecule has 0 spiro atoms. The molecule has 3 N–H and O–H groups in total. The summed E-state index contributed by atoms with van der Waals surface area (Å²) < 4.78 is 0. The van der Waals surface area contributed by atoms with Crippen molar-refractivity contribution in [2.45, 2.75) is 12.5 Å². The fraction of sp³-hybridized carbons (Fsp3) is 0.250. The van der Waals surface area contributed by atoms with Gasteiger partial charge in [-0.05, 0) is 6.08 Å². The molecule has 66 valence electrons. The van der Waals surface area contributed by atoms with Gasteiger partial charge in [0.25, 0.3) is 0 Å². The van der Waals surface area contributed by atoms with Crippen LogP contribution in [0.2, 0.25) is 0 Å². The molecule has 12 heavy (non-hydrogen) atoms. The van der Waals surface area contributed by atoms with Crippen molar-refractivity contribution in [1.29, 1.82) is 0 Å². The largest absolute Gasteiger partial charge is 0.480 e. The predicted octanol–water partition coefficient (Wildman–Crippen LogP) is 0.559. The molecule has 0 aliphatic heterocycles. The van der Waals surface area contributed by atoms with Crippen LogP contribution in [0.4, 0.5) is 0 Å². The van der Waals surface area contributed by atoms with Gasteiger partial charge in [-0.1, -0.05) is 13.2 Å². The highest BCUT2D eigenvalue weighted by atomic mass is 16.4. The molecule has 1 atom stereocenters. The molecule has 0 fully saturated rings. The summed E-state index contributed by atoms with van der Waals surface area (Å²) >= 11 is 0. The molecule has 0 aromatic rings. The zero-order valence-corrected chi connectivity index (χ0v) is 6.73. The molecule has 0 rings (SSSR count). The van der Waals surface area contributed by atoms with Crippen molar-refractivity contribution in [3.8, 4) is 0 Å². The number of rotatable bonds is 5. The van der Waals surface area contributed by atoms with Crippen LogP contribution in [-0.2, 0) is 4.79 Å². The second-order valence-corrected chi connectivity index (χ2v) is 2.16. The monoisotopic (exact) mass is 168 g/mol. The van der Waals surface area contributed by atoms with Gasteiger partial charge < -0.3 is 10.8 Å². The fourth-order valence-corrected chi connectivity index (χ4v) is 0.619. The first-order chi connectivity index (χ1) is 5.61. The van der Waals surface area contributed by atoms with E-state index in [0.717, 1.165) is 0 Å². The van der Waals surface area contributed by atoms with Gasteiger partial charge in [0.2, 0.25) is 0 Å². The first kappa shape index (κ1) is 10.6. The molecular formula is C8H12N2O2. The number of carbonyl (C=O) groups is 1. The van der Waals surface area contributed by atoms with Crippen molar-refractivity contribution in [3.63, 3.8) is 0 Å². The normalized spacial score (nSPS) is 13.6. The smallest absolute Gasteiger partial charge is 0.320 e. The number of carboxylic acid groups (broad SMARTS) is 1. The van der Waals surface area contributed by atoms with Crippen LogP contribution in [0.5, 0.6) is 0 Å². The van der Waals surface area contributed by atoms with Crippen LogP contribution >= 0.6 is 0 Å². The van der Waals surface area contributed by atoms with Gasteiger partial charge in [-0.25, -0.2) is 0 Å². The van der Waals surface area contributed by atoms with E-state index in [4.69, 9.17) is 10.8 Å². The van der Waals surface area contributed by atoms with Crippen molar-refractivity contribution in [3.05, 3.63) is 25.4 Å². The predicted molar refractivity (Wildman–Crippen MR) is 48.1 cm³/mol. The van der Waals surface area contributed by atoms with Gasteiger partial charge in [0.1, 0.15) is 6.04 Å². The molecule has 0 aromatic carbocycles. The number of aliphatic imine (C=N–C) groups is 1. The number of hydrogen-bond donors (Lipinski definition) is 2. The third kappa shape index (κ3) is 3.68. The summed E-state index contributed by atoms with van der Waals surface area (Å²) in [6.45, 7) is 6.84. The number of nitrogens with zero attached hydrogens (tertiary/aromatic N) is 1. The van der Waals surface area contributed by atoms with Crippen molar-refractivity contribution in [2.75, 3.05) is 0 Å². The Hall–Kier alpha value is -1.42. The van der Waals surface area contributed by atoms with Crippen molar-refractivity contribution < 1.29 is 9.90 Å². The molecule has 0 heterocycles. The summed E-state index contributed by atoms with van der Waals surface area (Å²) in [6, 6.07) is -0.929. The Morgan fingerprint density at radius 2 is 2.25 bits per heavy atom. The Morgan fingerprint density at radius 3 is 2.58 bits per heavy atom. The minimum Gasteiger partial charge on any atom is -0.480 e. The lowest BCUT2D eigenvalue weighted by atomic mass is 10.1. The Bertz CT molecular complexity index is 221. The molecule has 0 amide bonds. The summed E-state index contributed by atoms with van der Waals surface area (Å²) in [6.07, 6.45) is 2.96. The summed E-state index contributed by atoms with van der Waals surface area (Å²) in [7, 11) is 0. The number of aliphatic carboxylic acids is 1. The van der Waals surface area contributed by atoms with E-state index in [1.807, 2.05) is 0 Å². The van der Waals surface area contributed by atoms with Gasteiger partial charge in [0, 0.05) is 18.3 Å². The molecule has 0 aromatic heterocycles. The highest BCUT2D eigenvalue weighted by molar-refractivity contribution is 5.97. The molecule has 0 bridgehead atoms. The van der Waals surface area contributed by atoms with Crippen molar-refractivity contribution in [2.24, 2.45) is 10.7 Å². The third-order valence-electron chi connectivity index (χ3n) is 1.24. The second kappa shape index (κ2) is 5.26. The molecule has 0 saturated carbocycles. The van der Waals surface area contributed by atoms with E-state index >= 15 is 0 Å². The Morgan fingerprint density at radius 1 is 1.67 bits per heavy atom. The van der Waals surface area contributed by atoms with Crippen LogP contribution in [-0.4, -0.2) is 22.8 Å². The average molecular weight is 168 g/mol. The quantitative estimate of drug-likeness (QED) is 0.589. The molecule has 0 aliphatic carbocycles. The molecule has 4 nitrogen and oxygen atoms in total. The maximum Gasteiger partial charge on any atom is 0.320 e. The molecule has 0 radical (unpaired) electrons. The summed E-state index contributed by atoms with van der Waals surface area (Å²) in [5.74, 6) is -1.05. The number of nitrogens with two attached hydrogens (primary N) is 1. The van der Waals surface area contributed by atoms with Gasteiger partial charge in [-0.3, -0.25) is 9.79 Å². The summed E-state index contributed by atoms with van der Waals surface area (Å²) in [5, 5.41) is 8.45. The highest BCUT2D eigenvalue weighted by Crippen LogP contribution is 1.94. The van der Waals surface area contributed by atoms with E-state index in [9.17, 15) is 4.79 Å². The first-order valence-corrected chi connectivity index (χ1v) is 3.40. The van der Waals surface area contributed by atoms with Gasteiger partial charge in [-0.15, -0.1) is 0 Å². The van der Waals surface area contributed by atoms with Gasteiger partial charge >= 0.3 is 5.97 Å². The van der Waals surface area contributed by atoms with Crippen LogP contribution < -0.4 is 5.73 Å². The van der Waals surface area contributed by atoms with Gasteiger partial charge in [0.15, 0.2) is 0 Å². The maximum atomic E-state index is 10.3. The highest BCUT2D eigenvalue weighted by Gasteiger charge is 2.12. The van der Waals surface area contributed by atoms with Crippen molar-refractivity contribution >= 4 is 11.7 Å². The molecular weight excluding hydrogens is 156 g/mol. The average Bonchev–Trinajstić information content (AvgIpc) is 2.03. The third-order valence-corrected chi connectivity index (χ3v) is 1.24. The Kier molecular flexibility index (Phi) is 4.64. The van der Waals surface area contributed by atoms with Gasteiger partial charge in [0.05, 0.1) is 0 Å². The Labute approximate surface area is 71.1 Å². The topological polar surface area (TPSA) is 75.7 Å². The number of carboxylic acids is 1. The van der Waals surface area contributed by atoms with Crippen molar-refractivity contribution in [1.82, 2.24) is 0 Å². The first-order valence-electron chi connectivity index (χ1n) is 3.40. The van der Waals surface area contributed by atoms with Crippen LogP contribution in [0, 0.1) is 0 Å². The van der Waals surface area contributed by atoms with E-state index in [1.54, 1.807) is 0 Å². The zero-order valence-electron chi connectivity index (χ0n) is 6.73. The second-order valence-electron chi connectivity index (χ2n) is 2.16. The minimum atomic E-state index is -1.05. The molecule has 0 saturated heterocycles. The van der Waals surface area contributed by atoms with E-state index in [0.29, 0.717) is 5.71 Å². The van der Waals surface area contributed by atoms with Gasteiger partial charge in [-0.2, -0.15) is 0 Å². The lowest BCUT2D eigenvalue weighted by Gasteiger charge is -2.04. The SMILES string of the molecule is C=CN=C(C=C)C[C@H](N)C(=O)O. The minimum absolute atomic E-state index is 0.171.